The Morgan fingerprint density at radius 2 is 1.93 bits per heavy atom. The van der Waals surface area contributed by atoms with Gasteiger partial charge < -0.3 is 9.88 Å². The Morgan fingerprint density at radius 1 is 1.15 bits per heavy atom. The van der Waals surface area contributed by atoms with Gasteiger partial charge in [0.25, 0.3) is 0 Å². The number of carbonyl (C=O) groups excluding carboxylic acids is 1. The summed E-state index contributed by atoms with van der Waals surface area (Å²) in [7, 11) is 0. The largest absolute Gasteiger partial charge is 0.354 e. The first kappa shape index (κ1) is 17.3. The van der Waals surface area contributed by atoms with E-state index in [0.29, 0.717) is 17.7 Å². The van der Waals surface area contributed by atoms with Crippen LogP contribution in [0, 0.1) is 0 Å². The SMILES string of the molecule is O=C(CSc1nnc(C2CC2)n1C1CC1)NCC1(c2ccccc2)CCC1. The van der Waals surface area contributed by atoms with E-state index in [0.717, 1.165) is 30.4 Å². The molecule has 3 aliphatic rings. The maximum absolute atomic E-state index is 12.5. The summed E-state index contributed by atoms with van der Waals surface area (Å²) in [6.45, 7) is 0.735. The molecule has 5 nitrogen and oxygen atoms in total. The zero-order valence-corrected chi connectivity index (χ0v) is 16.4. The van der Waals surface area contributed by atoms with Crippen molar-refractivity contribution in [1.82, 2.24) is 20.1 Å². The molecule has 1 aromatic carbocycles. The van der Waals surface area contributed by atoms with Gasteiger partial charge in [-0.15, -0.1) is 10.2 Å². The van der Waals surface area contributed by atoms with Crippen LogP contribution < -0.4 is 5.32 Å². The minimum absolute atomic E-state index is 0.0977. The maximum atomic E-state index is 12.5. The lowest BCUT2D eigenvalue weighted by Gasteiger charge is -2.42. The number of carbonyl (C=O) groups is 1. The van der Waals surface area contributed by atoms with E-state index in [4.69, 9.17) is 0 Å². The molecule has 6 heteroatoms. The summed E-state index contributed by atoms with van der Waals surface area (Å²) in [6, 6.07) is 11.2. The molecular weight excluding hydrogens is 356 g/mol. The molecule has 0 unspecified atom stereocenters. The Balaban J connectivity index is 1.18. The van der Waals surface area contributed by atoms with E-state index in [1.165, 1.54) is 49.4 Å². The fourth-order valence-electron chi connectivity index (χ4n) is 4.09. The molecule has 27 heavy (non-hydrogen) atoms. The molecule has 1 heterocycles. The lowest BCUT2D eigenvalue weighted by atomic mass is 9.64. The molecule has 3 saturated carbocycles. The zero-order chi connectivity index (χ0) is 18.3. The van der Waals surface area contributed by atoms with Crippen LogP contribution in [0.1, 0.15) is 68.3 Å². The van der Waals surface area contributed by atoms with Gasteiger partial charge in [-0.25, -0.2) is 0 Å². The first-order valence-corrected chi connectivity index (χ1v) is 11.1. The standard InChI is InChI=1S/C21H26N4OS/c26-18(22-14-21(11-4-12-21)16-5-2-1-3-6-16)13-27-20-24-23-19(15-7-8-15)25(20)17-9-10-17/h1-3,5-6,15,17H,4,7-14H2,(H,22,26). The molecule has 0 aliphatic heterocycles. The van der Waals surface area contributed by atoms with Gasteiger partial charge in [-0.3, -0.25) is 4.79 Å². The molecule has 0 atom stereocenters. The van der Waals surface area contributed by atoms with Crippen molar-refractivity contribution >= 4 is 17.7 Å². The predicted octanol–water partition coefficient (Wildman–Crippen LogP) is 3.82. The van der Waals surface area contributed by atoms with Crippen LogP contribution in [0.25, 0.3) is 0 Å². The number of hydrogen-bond acceptors (Lipinski definition) is 4. The topological polar surface area (TPSA) is 59.8 Å². The summed E-state index contributed by atoms with van der Waals surface area (Å²) in [6.07, 6.45) is 8.47. The van der Waals surface area contributed by atoms with Crippen LogP contribution in [0.3, 0.4) is 0 Å². The summed E-state index contributed by atoms with van der Waals surface area (Å²) in [5.74, 6) is 2.27. The van der Waals surface area contributed by atoms with Gasteiger partial charge in [0.1, 0.15) is 5.82 Å². The van der Waals surface area contributed by atoms with Gasteiger partial charge in [0, 0.05) is 23.9 Å². The summed E-state index contributed by atoms with van der Waals surface area (Å²) in [5, 5.41) is 12.9. The number of hydrogen-bond donors (Lipinski definition) is 1. The molecule has 2 aromatic rings. The average Bonchev–Trinajstić information content (AvgIpc) is 3.59. The summed E-state index contributed by atoms with van der Waals surface area (Å²) >= 11 is 1.54. The molecule has 0 spiro atoms. The van der Waals surface area contributed by atoms with Crippen molar-refractivity contribution in [2.45, 2.75) is 67.5 Å². The summed E-state index contributed by atoms with van der Waals surface area (Å²) < 4.78 is 2.31. The van der Waals surface area contributed by atoms with Crippen LogP contribution in [-0.2, 0) is 10.2 Å². The molecule has 1 N–H and O–H groups in total. The van der Waals surface area contributed by atoms with Crippen LogP contribution in [0.15, 0.2) is 35.5 Å². The fourth-order valence-corrected chi connectivity index (χ4v) is 4.94. The highest BCUT2D eigenvalue weighted by Crippen LogP contribution is 2.46. The first-order valence-electron chi connectivity index (χ1n) is 10.1. The van der Waals surface area contributed by atoms with Crippen LogP contribution in [-0.4, -0.2) is 33.0 Å². The Hall–Kier alpha value is -1.82. The molecule has 3 fully saturated rings. The normalized spacial score (nSPS) is 20.9. The van der Waals surface area contributed by atoms with Gasteiger partial charge >= 0.3 is 0 Å². The van der Waals surface area contributed by atoms with E-state index in [-0.39, 0.29) is 11.3 Å². The monoisotopic (exact) mass is 382 g/mol. The minimum atomic E-state index is 0.0977. The van der Waals surface area contributed by atoms with Crippen LogP contribution >= 0.6 is 11.8 Å². The second kappa shape index (κ2) is 6.97. The van der Waals surface area contributed by atoms with Gasteiger partial charge in [0.05, 0.1) is 5.75 Å². The zero-order valence-electron chi connectivity index (χ0n) is 15.6. The molecular formula is C21H26N4OS. The van der Waals surface area contributed by atoms with Gasteiger partial charge in [0.15, 0.2) is 5.16 Å². The third-order valence-corrected chi connectivity index (χ3v) is 7.14. The average molecular weight is 383 g/mol. The molecule has 1 aromatic heterocycles. The second-order valence-electron chi connectivity index (χ2n) is 8.28. The maximum Gasteiger partial charge on any atom is 0.230 e. The van der Waals surface area contributed by atoms with E-state index in [9.17, 15) is 4.79 Å². The highest BCUT2D eigenvalue weighted by Gasteiger charge is 2.39. The Bertz CT molecular complexity index is 822. The third-order valence-electron chi connectivity index (χ3n) is 6.20. The van der Waals surface area contributed by atoms with E-state index in [2.05, 4.69) is 50.4 Å². The highest BCUT2D eigenvalue weighted by atomic mass is 32.2. The van der Waals surface area contributed by atoms with E-state index in [1.54, 1.807) is 0 Å². The molecule has 142 valence electrons. The molecule has 0 saturated heterocycles. The number of rotatable bonds is 8. The second-order valence-corrected chi connectivity index (χ2v) is 9.22. The molecule has 5 rings (SSSR count). The Labute approximate surface area is 164 Å². The number of nitrogens with zero attached hydrogens (tertiary/aromatic N) is 3. The number of benzene rings is 1. The Morgan fingerprint density at radius 3 is 2.56 bits per heavy atom. The van der Waals surface area contributed by atoms with Crippen molar-refractivity contribution in [3.63, 3.8) is 0 Å². The van der Waals surface area contributed by atoms with Gasteiger partial charge in [0.2, 0.25) is 5.91 Å². The predicted molar refractivity (Wildman–Crippen MR) is 106 cm³/mol. The number of amides is 1. The van der Waals surface area contributed by atoms with E-state index >= 15 is 0 Å². The van der Waals surface area contributed by atoms with Gasteiger partial charge in [-0.05, 0) is 44.1 Å². The fraction of sp³-hybridized carbons (Fsp3) is 0.571. The van der Waals surface area contributed by atoms with Crippen molar-refractivity contribution in [2.75, 3.05) is 12.3 Å². The van der Waals surface area contributed by atoms with E-state index < -0.39 is 0 Å². The van der Waals surface area contributed by atoms with E-state index in [1.807, 2.05) is 0 Å². The number of thioether (sulfide) groups is 1. The van der Waals surface area contributed by atoms with Gasteiger partial charge in [-0.1, -0.05) is 48.5 Å². The molecule has 3 aliphatic carbocycles. The Kier molecular flexibility index (Phi) is 4.46. The summed E-state index contributed by atoms with van der Waals surface area (Å²) in [4.78, 5) is 12.5. The quantitative estimate of drug-likeness (QED) is 0.705. The van der Waals surface area contributed by atoms with Crippen LogP contribution in [0.2, 0.25) is 0 Å². The molecule has 0 bridgehead atoms. The van der Waals surface area contributed by atoms with Crippen molar-refractivity contribution in [1.29, 1.82) is 0 Å². The smallest absolute Gasteiger partial charge is 0.230 e. The van der Waals surface area contributed by atoms with Crippen molar-refractivity contribution in [3.8, 4) is 0 Å². The lowest BCUT2D eigenvalue weighted by Crippen LogP contribution is -2.46. The van der Waals surface area contributed by atoms with Gasteiger partial charge in [-0.2, -0.15) is 0 Å². The summed E-state index contributed by atoms with van der Waals surface area (Å²) in [5.41, 5.74) is 1.49. The van der Waals surface area contributed by atoms with Crippen molar-refractivity contribution < 1.29 is 4.79 Å². The highest BCUT2D eigenvalue weighted by molar-refractivity contribution is 7.99. The van der Waals surface area contributed by atoms with Crippen LogP contribution in [0.5, 0.6) is 0 Å². The third kappa shape index (κ3) is 3.51. The number of aromatic nitrogens is 3. The minimum Gasteiger partial charge on any atom is -0.354 e. The van der Waals surface area contributed by atoms with Crippen LogP contribution in [0.4, 0.5) is 0 Å². The van der Waals surface area contributed by atoms with Crippen molar-refractivity contribution in [2.24, 2.45) is 0 Å². The van der Waals surface area contributed by atoms with Crippen molar-refractivity contribution in [3.05, 3.63) is 41.7 Å². The first-order chi connectivity index (χ1) is 13.3. The number of nitrogens with one attached hydrogen (secondary N) is 1. The molecule has 1 amide bonds. The molecule has 0 radical (unpaired) electrons. The lowest BCUT2D eigenvalue weighted by molar-refractivity contribution is -0.119.